The molecule has 1 atom stereocenters. The molecule has 116 valence electrons. The third-order valence-corrected chi connectivity index (χ3v) is 5.22. The van der Waals surface area contributed by atoms with Crippen molar-refractivity contribution in [2.75, 3.05) is 18.6 Å². The van der Waals surface area contributed by atoms with Crippen LogP contribution < -0.4 is 4.90 Å². The summed E-state index contributed by atoms with van der Waals surface area (Å²) in [5.74, 6) is 0.713. The lowest BCUT2D eigenvalue weighted by Crippen LogP contribution is -2.36. The smallest absolute Gasteiger partial charge is 0.345 e. The molecule has 1 aromatic rings. The van der Waals surface area contributed by atoms with Gasteiger partial charge in [-0.15, -0.1) is 0 Å². The lowest BCUT2D eigenvalue weighted by molar-refractivity contribution is -0.143. The lowest BCUT2D eigenvalue weighted by atomic mass is 10.2. The van der Waals surface area contributed by atoms with Gasteiger partial charge in [-0.2, -0.15) is 0 Å². The first kappa shape index (κ1) is 15.2. The number of methoxy groups -OCH3 is 1. The number of thioether (sulfide) groups is 1. The van der Waals surface area contributed by atoms with Crippen LogP contribution in [0.3, 0.4) is 0 Å². The van der Waals surface area contributed by atoms with Gasteiger partial charge in [0.2, 0.25) is 4.87 Å². The summed E-state index contributed by atoms with van der Waals surface area (Å²) in [6.07, 6.45) is 4.62. The largest absolute Gasteiger partial charge is 0.467 e. The topological polar surface area (TPSA) is 41.9 Å². The Morgan fingerprint density at radius 1 is 1.36 bits per heavy atom. The summed E-state index contributed by atoms with van der Waals surface area (Å²) in [4.78, 5) is 19.7. The van der Waals surface area contributed by atoms with E-state index in [1.807, 2.05) is 25.1 Å². The van der Waals surface area contributed by atoms with E-state index in [0.717, 1.165) is 35.8 Å². The maximum Gasteiger partial charge on any atom is 0.345 e. The summed E-state index contributed by atoms with van der Waals surface area (Å²) in [7, 11) is 1.43. The molecular formula is C17H20N2O2S. The van der Waals surface area contributed by atoms with E-state index in [2.05, 4.69) is 23.1 Å². The first-order valence-electron chi connectivity index (χ1n) is 7.50. The second-order valence-electron chi connectivity index (χ2n) is 5.52. The van der Waals surface area contributed by atoms with Gasteiger partial charge in [0.05, 0.1) is 7.11 Å². The number of hydrogen-bond acceptors (Lipinski definition) is 4. The second kappa shape index (κ2) is 6.16. The van der Waals surface area contributed by atoms with Gasteiger partial charge in [-0.3, -0.25) is 0 Å². The number of esters is 1. The molecule has 0 bridgehead atoms. The van der Waals surface area contributed by atoms with Crippen LogP contribution in [-0.4, -0.2) is 30.3 Å². The zero-order valence-corrected chi connectivity index (χ0v) is 13.7. The number of amidine groups is 1. The summed E-state index contributed by atoms with van der Waals surface area (Å²) >= 11 is 1.50. The lowest BCUT2D eigenvalue weighted by Gasteiger charge is -2.25. The van der Waals surface area contributed by atoms with E-state index in [9.17, 15) is 4.79 Å². The number of nitrogens with zero attached hydrogens (tertiary/aromatic N) is 2. The fourth-order valence-corrected chi connectivity index (χ4v) is 4.08. The number of carbonyl (C=O) groups excluding carboxylic acids is 1. The van der Waals surface area contributed by atoms with Gasteiger partial charge in [-0.05, 0) is 30.4 Å². The molecule has 0 aliphatic carbocycles. The van der Waals surface area contributed by atoms with Crippen LogP contribution in [-0.2, 0) is 9.53 Å². The third kappa shape index (κ3) is 2.77. The number of benzene rings is 1. The number of rotatable bonds is 3. The van der Waals surface area contributed by atoms with Gasteiger partial charge in [0.25, 0.3) is 0 Å². The Morgan fingerprint density at radius 2 is 2.14 bits per heavy atom. The van der Waals surface area contributed by atoms with Crippen molar-refractivity contribution in [1.29, 1.82) is 0 Å². The molecule has 4 nitrogen and oxygen atoms in total. The van der Waals surface area contributed by atoms with E-state index in [1.54, 1.807) is 0 Å². The summed E-state index contributed by atoms with van der Waals surface area (Å²) in [5.41, 5.74) is 1.13. The number of para-hydroxylation sites is 1. The highest BCUT2D eigenvalue weighted by Crippen LogP contribution is 2.44. The Balaban J connectivity index is 1.93. The second-order valence-corrected chi connectivity index (χ2v) is 7.04. The normalized spacial score (nSPS) is 26.4. The molecule has 1 aromatic carbocycles. The number of aliphatic imine (C=N–C) groups is 1. The summed E-state index contributed by atoms with van der Waals surface area (Å²) in [5, 5.41) is 0. The predicted octanol–water partition coefficient (Wildman–Crippen LogP) is 3.60. The molecule has 0 aromatic heterocycles. The van der Waals surface area contributed by atoms with E-state index in [-0.39, 0.29) is 5.97 Å². The van der Waals surface area contributed by atoms with Crippen molar-refractivity contribution in [1.82, 2.24) is 0 Å². The molecule has 1 fully saturated rings. The van der Waals surface area contributed by atoms with Crippen molar-refractivity contribution in [2.45, 2.75) is 31.1 Å². The van der Waals surface area contributed by atoms with Gasteiger partial charge >= 0.3 is 5.97 Å². The number of allylic oxidation sites excluding steroid dienone is 1. The fraction of sp³-hybridized carbons (Fsp3) is 0.412. The molecule has 2 heterocycles. The van der Waals surface area contributed by atoms with E-state index < -0.39 is 4.87 Å². The molecule has 3 rings (SSSR count). The van der Waals surface area contributed by atoms with Crippen LogP contribution in [0.15, 0.2) is 46.3 Å². The molecule has 2 aliphatic heterocycles. The van der Waals surface area contributed by atoms with Crippen LogP contribution in [0.25, 0.3) is 0 Å². The molecule has 1 saturated heterocycles. The van der Waals surface area contributed by atoms with E-state index in [1.165, 1.54) is 18.9 Å². The number of anilines is 1. The number of carbonyl (C=O) groups is 1. The molecule has 0 amide bonds. The molecular weight excluding hydrogens is 296 g/mol. The number of hydrogen-bond donors (Lipinski definition) is 0. The summed E-state index contributed by atoms with van der Waals surface area (Å²) < 4.78 is 5.02. The Hall–Kier alpha value is -1.75. The van der Waals surface area contributed by atoms with Gasteiger partial charge in [-0.1, -0.05) is 36.0 Å². The molecule has 0 N–H and O–H groups in total. The number of ether oxygens (including phenoxy) is 1. The third-order valence-electron chi connectivity index (χ3n) is 3.97. The maximum atomic E-state index is 12.3. The molecule has 0 spiro atoms. The van der Waals surface area contributed by atoms with Gasteiger partial charge < -0.3 is 9.64 Å². The van der Waals surface area contributed by atoms with Crippen LogP contribution in [0.2, 0.25) is 0 Å². The highest BCUT2D eigenvalue weighted by atomic mass is 32.2. The first-order chi connectivity index (χ1) is 10.6. The van der Waals surface area contributed by atoms with Gasteiger partial charge in [0, 0.05) is 25.1 Å². The van der Waals surface area contributed by atoms with Crippen molar-refractivity contribution < 1.29 is 9.53 Å². The minimum absolute atomic E-state index is 0.266. The van der Waals surface area contributed by atoms with Crippen molar-refractivity contribution in [3.63, 3.8) is 0 Å². The molecule has 1 unspecified atom stereocenters. The minimum Gasteiger partial charge on any atom is -0.467 e. The van der Waals surface area contributed by atoms with E-state index in [0.29, 0.717) is 6.42 Å². The zero-order chi connectivity index (χ0) is 15.6. The van der Waals surface area contributed by atoms with Crippen LogP contribution in [0.4, 0.5) is 5.69 Å². The van der Waals surface area contributed by atoms with Crippen LogP contribution in [0.1, 0.15) is 26.2 Å². The molecule has 2 aliphatic rings. The monoisotopic (exact) mass is 316 g/mol. The van der Waals surface area contributed by atoms with Crippen LogP contribution in [0, 0.1) is 0 Å². The summed E-state index contributed by atoms with van der Waals surface area (Å²) in [6.45, 7) is 2.95. The quantitative estimate of drug-likeness (QED) is 0.799. The van der Waals surface area contributed by atoms with E-state index >= 15 is 0 Å². The molecule has 5 heteroatoms. The zero-order valence-electron chi connectivity index (χ0n) is 12.9. The summed E-state index contributed by atoms with van der Waals surface area (Å²) in [6, 6.07) is 10.2. The Bertz CT molecular complexity index is 627. The standard InChI is InChI=1S/C17H20N2O2S/c1-13-10-11-17(22-13,16(20)21-2)18-15-9-6-12-19(15)14-7-4-3-5-8-14/h3-5,7-8,10H,6,9,11-12H2,1-2H3/b18-15+. The van der Waals surface area contributed by atoms with Crippen LogP contribution >= 0.6 is 11.8 Å². The predicted molar refractivity (Wildman–Crippen MR) is 91.2 cm³/mol. The first-order valence-corrected chi connectivity index (χ1v) is 8.32. The van der Waals surface area contributed by atoms with E-state index in [4.69, 9.17) is 9.73 Å². The average Bonchev–Trinajstić information content (AvgIpc) is 3.15. The molecule has 0 radical (unpaired) electrons. The molecule has 0 saturated carbocycles. The fourth-order valence-electron chi connectivity index (χ4n) is 2.90. The van der Waals surface area contributed by atoms with Crippen LogP contribution in [0.5, 0.6) is 0 Å². The van der Waals surface area contributed by atoms with Gasteiger partial charge in [0.1, 0.15) is 5.84 Å². The molecule has 22 heavy (non-hydrogen) atoms. The SMILES string of the molecule is COC(=O)C1(/N=C2\CCCN2c2ccccc2)CC=C(C)S1. The van der Waals surface area contributed by atoms with Crippen molar-refractivity contribution >= 4 is 29.3 Å². The van der Waals surface area contributed by atoms with Crippen molar-refractivity contribution in [2.24, 2.45) is 4.99 Å². The Morgan fingerprint density at radius 3 is 2.77 bits per heavy atom. The highest BCUT2D eigenvalue weighted by molar-refractivity contribution is 8.05. The van der Waals surface area contributed by atoms with Crippen molar-refractivity contribution in [3.8, 4) is 0 Å². The Kier molecular flexibility index (Phi) is 4.25. The average molecular weight is 316 g/mol. The minimum atomic E-state index is -0.842. The Labute approximate surface area is 135 Å². The highest BCUT2D eigenvalue weighted by Gasteiger charge is 2.44. The maximum absolute atomic E-state index is 12.3. The van der Waals surface area contributed by atoms with Gasteiger partial charge in [0.15, 0.2) is 0 Å². The van der Waals surface area contributed by atoms with Gasteiger partial charge in [-0.25, -0.2) is 9.79 Å². The van der Waals surface area contributed by atoms with Crippen molar-refractivity contribution in [3.05, 3.63) is 41.3 Å².